The van der Waals surface area contributed by atoms with E-state index in [9.17, 15) is 0 Å². The van der Waals surface area contributed by atoms with Gasteiger partial charge in [-0.05, 0) is 72.8 Å². The Labute approximate surface area is 398 Å². The normalized spacial score (nSPS) is 12.9. The molecule has 0 saturated carbocycles. The maximum atomic E-state index is 6.34. The summed E-state index contributed by atoms with van der Waals surface area (Å²) < 4.78 is 28.5. The van der Waals surface area contributed by atoms with Crippen molar-refractivity contribution in [3.05, 3.63) is 72.8 Å². The molecule has 7 aromatic rings. The highest BCUT2D eigenvalue weighted by Gasteiger charge is 2.25. The number of hydrogen-bond donors (Lipinski definition) is 2. The number of nitrogens with zero attached hydrogens (tertiary/aromatic N) is 10. The van der Waals surface area contributed by atoms with Crippen molar-refractivity contribution in [1.29, 1.82) is 0 Å². The van der Waals surface area contributed by atoms with E-state index in [1.54, 1.807) is 0 Å². The van der Waals surface area contributed by atoms with E-state index in [4.69, 9.17) is 48.9 Å². The Hall–Kier alpha value is -6.72. The zero-order valence-electron chi connectivity index (χ0n) is 41.7. The summed E-state index contributed by atoms with van der Waals surface area (Å²) in [5.41, 5.74) is 5.57. The summed E-state index contributed by atoms with van der Waals surface area (Å²) in [5.74, 6) is 4.89. The van der Waals surface area contributed by atoms with Crippen LogP contribution in [0.2, 0.25) is 0 Å². The van der Waals surface area contributed by atoms with Crippen molar-refractivity contribution in [3.63, 3.8) is 0 Å². The Morgan fingerprint density at radius 2 is 0.603 bits per heavy atom. The molecule has 2 aliphatic heterocycles. The van der Waals surface area contributed by atoms with Gasteiger partial charge >= 0.3 is 0 Å². The Morgan fingerprint density at radius 3 is 0.926 bits per heavy atom. The topological polar surface area (TPSA) is 146 Å². The van der Waals surface area contributed by atoms with Crippen molar-refractivity contribution in [3.8, 4) is 68.5 Å². The monoisotopic (exact) mass is 923 g/mol. The third kappa shape index (κ3) is 10.7. The number of likely N-dealkylation sites (N-methyl/N-ethyl adjacent to an activating group) is 4. The lowest BCUT2D eigenvalue weighted by atomic mass is 10.1. The highest BCUT2D eigenvalue weighted by molar-refractivity contribution is 6.07. The number of benzene rings is 4. The van der Waals surface area contributed by atoms with Gasteiger partial charge in [0.05, 0.1) is 84.6 Å². The van der Waals surface area contributed by atoms with E-state index in [0.717, 1.165) is 111 Å². The molecule has 16 nitrogen and oxygen atoms in total. The molecule has 8 bridgehead atoms. The predicted octanol–water partition coefficient (Wildman–Crippen LogP) is 7.21. The molecule has 68 heavy (non-hydrogen) atoms. The second kappa shape index (κ2) is 17.7. The number of nitrogens with one attached hydrogen (secondary N) is 2. The average molecular weight is 923 g/mol. The molecule has 4 aromatic carbocycles. The lowest BCUT2D eigenvalue weighted by molar-refractivity contribution is -0.870. The minimum atomic E-state index is 0.482. The minimum absolute atomic E-state index is 0.482. The Kier molecular flexibility index (Phi) is 12.1. The predicted molar refractivity (Wildman–Crippen MR) is 270 cm³/mol. The van der Waals surface area contributed by atoms with Gasteiger partial charge in [-0.3, -0.25) is 0 Å². The van der Waals surface area contributed by atoms with Gasteiger partial charge in [0, 0.05) is 43.8 Å². The van der Waals surface area contributed by atoms with Crippen LogP contribution in [0, 0.1) is 0 Å². The van der Waals surface area contributed by atoms with Crippen LogP contribution in [0.5, 0.6) is 23.0 Å². The molecule has 354 valence electrons. The molecule has 0 aliphatic carbocycles. The number of ether oxygens (including phenoxy) is 4. The van der Waals surface area contributed by atoms with Gasteiger partial charge in [-0.25, -0.2) is 29.9 Å². The molecule has 2 N–H and O–H groups in total. The molecular weight excluding hydrogens is 857 g/mol. The lowest BCUT2D eigenvalue weighted by Crippen LogP contribution is -2.38. The van der Waals surface area contributed by atoms with Crippen molar-refractivity contribution in [2.75, 3.05) is 137 Å². The number of fused-ring (bicyclic) bond motifs is 20. The molecule has 0 fully saturated rings. The molecule has 5 heterocycles. The van der Waals surface area contributed by atoms with Crippen LogP contribution in [0.15, 0.2) is 72.8 Å². The van der Waals surface area contributed by atoms with E-state index >= 15 is 0 Å². The Morgan fingerprint density at radius 1 is 0.324 bits per heavy atom. The first-order valence-corrected chi connectivity index (χ1v) is 23.2. The molecule has 0 saturated heterocycles. The largest absolute Gasteiger partial charge is 0.488 e. The van der Waals surface area contributed by atoms with Gasteiger partial charge in [-0.2, -0.15) is 0 Å². The Bertz CT molecular complexity index is 3210. The van der Waals surface area contributed by atoms with Crippen LogP contribution in [0.4, 0.5) is 0 Å². The average Bonchev–Trinajstić information content (AvgIpc) is 3.97. The van der Waals surface area contributed by atoms with E-state index in [2.05, 4.69) is 94.5 Å². The van der Waals surface area contributed by atoms with Gasteiger partial charge in [0.15, 0.2) is 23.3 Å². The summed E-state index contributed by atoms with van der Waals surface area (Å²) in [7, 11) is 25.8. The quantitative estimate of drug-likeness (QED) is 0.0955. The first-order chi connectivity index (χ1) is 32.1. The van der Waals surface area contributed by atoms with Gasteiger partial charge in [0.1, 0.15) is 98.2 Å². The van der Waals surface area contributed by atoms with Crippen LogP contribution in [0.25, 0.3) is 89.7 Å². The minimum Gasteiger partial charge on any atom is -0.488 e. The standard InChI is InChI=1S/C52H66N12O4/c1-61(2,3)21-25-65-33-13-17-37-41(29-33)49-54-45(37)53-46-38-18-14-35(67-27-23-63(7,8)9)31-43(38)51(55-46)60-52-44-32-36(68-28-24-64(10,11)12)16-20-40(44)48(59-52)58-50-42-30-34(66-26-22-62(4,5)6)15-19-39(42)47(56-49)57-50/h13-20,29-32H,21-28H2,1-12H3,(H2,53,54,55,56,57,58,59,60)/q+4. The summed E-state index contributed by atoms with van der Waals surface area (Å²) >= 11 is 0. The molecule has 9 rings (SSSR count). The van der Waals surface area contributed by atoms with Crippen LogP contribution in [0.3, 0.4) is 0 Å². The summed E-state index contributed by atoms with van der Waals surface area (Å²) in [5, 5.41) is 3.36. The summed E-state index contributed by atoms with van der Waals surface area (Å²) in [4.78, 5) is 38.6. The SMILES string of the molecule is C[N+](C)(C)CCOc1ccc2c(c1)-c1nc-2nc2[nH]c(nc3nc(nc4[nH]c(n1)c1ccc(OCC[N+](C)(C)C)cc41)-c1ccc(OCC[N+](C)(C)C)cc1-3)c1cc(OCC[N+](C)(C)C)ccc21. The molecule has 0 spiro atoms. The van der Waals surface area contributed by atoms with Crippen molar-refractivity contribution in [1.82, 2.24) is 39.9 Å². The summed E-state index contributed by atoms with van der Waals surface area (Å²) in [6, 6.07) is 24.1. The molecule has 16 heteroatoms. The number of quaternary nitrogens is 4. The number of H-pyrrole nitrogens is 2. The smallest absolute Gasteiger partial charge is 0.164 e. The van der Waals surface area contributed by atoms with E-state index in [-0.39, 0.29) is 0 Å². The van der Waals surface area contributed by atoms with E-state index in [1.807, 2.05) is 72.8 Å². The maximum Gasteiger partial charge on any atom is 0.164 e. The summed E-state index contributed by atoms with van der Waals surface area (Å²) in [6.07, 6.45) is 0. The third-order valence-electron chi connectivity index (χ3n) is 11.8. The second-order valence-electron chi connectivity index (χ2n) is 21.9. The van der Waals surface area contributed by atoms with Crippen LogP contribution >= 0.6 is 0 Å². The fourth-order valence-corrected chi connectivity index (χ4v) is 7.82. The van der Waals surface area contributed by atoms with Gasteiger partial charge in [-0.1, -0.05) is 0 Å². The molecule has 0 amide bonds. The van der Waals surface area contributed by atoms with Crippen molar-refractivity contribution in [2.45, 2.75) is 0 Å². The lowest BCUT2D eigenvalue weighted by Gasteiger charge is -2.23. The van der Waals surface area contributed by atoms with Crippen LogP contribution in [0.1, 0.15) is 0 Å². The number of rotatable bonds is 16. The molecule has 0 unspecified atom stereocenters. The van der Waals surface area contributed by atoms with Gasteiger partial charge in [-0.15, -0.1) is 0 Å². The molecule has 0 atom stereocenters. The maximum absolute atomic E-state index is 6.34. The molecular formula is C52H66N12O4+4. The number of aromatic nitrogens is 8. The number of hydrogen-bond acceptors (Lipinski definition) is 10. The highest BCUT2D eigenvalue weighted by atomic mass is 16.5. The van der Waals surface area contributed by atoms with Crippen LogP contribution in [-0.2, 0) is 0 Å². The van der Waals surface area contributed by atoms with Crippen molar-refractivity contribution < 1.29 is 36.9 Å². The van der Waals surface area contributed by atoms with Gasteiger partial charge in [0.2, 0.25) is 0 Å². The molecule has 2 aliphatic rings. The van der Waals surface area contributed by atoms with Crippen molar-refractivity contribution in [2.24, 2.45) is 0 Å². The molecule has 3 aromatic heterocycles. The van der Waals surface area contributed by atoms with Gasteiger partial charge < -0.3 is 46.8 Å². The zero-order valence-corrected chi connectivity index (χ0v) is 41.7. The fraction of sp³-hybridized carbons (Fsp3) is 0.385. The first-order valence-electron chi connectivity index (χ1n) is 23.2. The highest BCUT2D eigenvalue weighted by Crippen LogP contribution is 2.40. The third-order valence-corrected chi connectivity index (χ3v) is 11.8. The van der Waals surface area contributed by atoms with Gasteiger partial charge in [0.25, 0.3) is 0 Å². The van der Waals surface area contributed by atoms with Crippen LogP contribution in [-0.4, -0.2) is 195 Å². The zero-order chi connectivity index (χ0) is 48.2. The summed E-state index contributed by atoms with van der Waals surface area (Å²) in [6.45, 7) is 5.56. The van der Waals surface area contributed by atoms with Crippen molar-refractivity contribution >= 4 is 44.1 Å². The van der Waals surface area contributed by atoms with Crippen LogP contribution < -0.4 is 18.9 Å². The number of aromatic amines is 2. The van der Waals surface area contributed by atoms with E-state index < -0.39 is 0 Å². The fourth-order valence-electron chi connectivity index (χ4n) is 7.82. The molecule has 0 radical (unpaired) electrons. The first kappa shape index (κ1) is 46.4. The Balaban J connectivity index is 1.29. The second-order valence-corrected chi connectivity index (χ2v) is 21.9. The van der Waals surface area contributed by atoms with E-state index in [0.29, 0.717) is 72.3 Å². The van der Waals surface area contributed by atoms with E-state index in [1.165, 1.54) is 0 Å².